The average molecular weight is 341 g/mol. The maximum atomic E-state index is 12.5. The average Bonchev–Trinajstić information content (AvgIpc) is 2.87. The van der Waals surface area contributed by atoms with E-state index in [4.69, 9.17) is 18.9 Å². The molecule has 7 nitrogen and oxygen atoms in total. The van der Waals surface area contributed by atoms with E-state index in [2.05, 4.69) is 0 Å². The van der Waals surface area contributed by atoms with Crippen molar-refractivity contribution >= 4 is 12.1 Å². The molecular formula is C17H27NO6. The largest absolute Gasteiger partial charge is 0.463 e. The predicted octanol–water partition coefficient (Wildman–Crippen LogP) is 2.25. The summed E-state index contributed by atoms with van der Waals surface area (Å²) in [4.78, 5) is 25.6. The van der Waals surface area contributed by atoms with Crippen LogP contribution in [0.2, 0.25) is 0 Å². The van der Waals surface area contributed by atoms with Gasteiger partial charge in [0, 0.05) is 6.08 Å². The molecule has 2 aliphatic rings. The topological polar surface area (TPSA) is 74.3 Å². The normalized spacial score (nSPS) is 28.9. The number of hydrogen-bond donors (Lipinski definition) is 0. The van der Waals surface area contributed by atoms with Crippen molar-refractivity contribution in [3.63, 3.8) is 0 Å². The molecule has 2 aliphatic heterocycles. The lowest BCUT2D eigenvalue weighted by Crippen LogP contribution is -2.43. The molecule has 0 radical (unpaired) electrons. The van der Waals surface area contributed by atoms with Crippen LogP contribution in [-0.2, 0) is 23.7 Å². The molecule has 2 rings (SSSR count). The molecule has 2 fully saturated rings. The van der Waals surface area contributed by atoms with E-state index in [1.165, 1.54) is 11.0 Å². The molecule has 0 bridgehead atoms. The SMILES string of the molecule is CCOC(=O)/C=C/[C@@H]1[C@H]2OC(C)(C)O[C@H]2CN1C(=O)OC(C)(C)C. The molecule has 0 aromatic rings. The molecule has 0 unspecified atom stereocenters. The van der Waals surface area contributed by atoms with Crippen molar-refractivity contribution in [2.75, 3.05) is 13.2 Å². The Kier molecular flexibility index (Phi) is 5.25. The summed E-state index contributed by atoms with van der Waals surface area (Å²) in [6, 6.07) is -0.448. The van der Waals surface area contributed by atoms with Gasteiger partial charge in [-0.2, -0.15) is 0 Å². The van der Waals surface area contributed by atoms with Crippen LogP contribution in [0.1, 0.15) is 41.5 Å². The van der Waals surface area contributed by atoms with E-state index in [1.807, 2.05) is 13.8 Å². The number of likely N-dealkylation sites (tertiary alicyclic amines) is 1. The van der Waals surface area contributed by atoms with Crippen molar-refractivity contribution < 1.29 is 28.5 Å². The van der Waals surface area contributed by atoms with E-state index in [1.54, 1.807) is 33.8 Å². The molecule has 7 heteroatoms. The molecular weight excluding hydrogens is 314 g/mol. The van der Waals surface area contributed by atoms with Gasteiger partial charge in [0.25, 0.3) is 0 Å². The minimum Gasteiger partial charge on any atom is -0.463 e. The van der Waals surface area contributed by atoms with Crippen LogP contribution in [0.25, 0.3) is 0 Å². The second-order valence-corrected chi connectivity index (χ2v) is 7.37. The summed E-state index contributed by atoms with van der Waals surface area (Å²) in [5.74, 6) is -1.17. The highest BCUT2D eigenvalue weighted by molar-refractivity contribution is 5.82. The number of rotatable bonds is 3. The van der Waals surface area contributed by atoms with Gasteiger partial charge in [-0.25, -0.2) is 9.59 Å². The first-order valence-corrected chi connectivity index (χ1v) is 8.22. The molecule has 0 spiro atoms. The van der Waals surface area contributed by atoms with Crippen molar-refractivity contribution in [2.45, 2.75) is 71.2 Å². The van der Waals surface area contributed by atoms with Crippen molar-refractivity contribution in [3.8, 4) is 0 Å². The first-order valence-electron chi connectivity index (χ1n) is 8.22. The lowest BCUT2D eigenvalue weighted by atomic mass is 10.1. The van der Waals surface area contributed by atoms with E-state index in [0.717, 1.165) is 0 Å². The highest BCUT2D eigenvalue weighted by atomic mass is 16.8. The van der Waals surface area contributed by atoms with Gasteiger partial charge in [-0.05, 0) is 41.5 Å². The zero-order chi connectivity index (χ0) is 18.1. The first-order chi connectivity index (χ1) is 11.0. The van der Waals surface area contributed by atoms with Gasteiger partial charge in [-0.3, -0.25) is 4.90 Å². The molecule has 0 N–H and O–H groups in total. The third-order valence-electron chi connectivity index (χ3n) is 3.64. The van der Waals surface area contributed by atoms with E-state index >= 15 is 0 Å². The zero-order valence-electron chi connectivity index (χ0n) is 15.2. The fourth-order valence-corrected chi connectivity index (χ4v) is 2.88. The molecule has 24 heavy (non-hydrogen) atoms. The third-order valence-corrected chi connectivity index (χ3v) is 3.64. The van der Waals surface area contributed by atoms with Crippen LogP contribution in [0.4, 0.5) is 4.79 Å². The minimum atomic E-state index is -0.717. The lowest BCUT2D eigenvalue weighted by molar-refractivity contribution is -0.158. The number of esters is 1. The van der Waals surface area contributed by atoms with Crippen LogP contribution in [0.15, 0.2) is 12.2 Å². The summed E-state index contributed by atoms with van der Waals surface area (Å²) in [6.07, 6.45) is 1.88. The van der Waals surface area contributed by atoms with Crippen molar-refractivity contribution in [3.05, 3.63) is 12.2 Å². The quantitative estimate of drug-likeness (QED) is 0.579. The number of hydrogen-bond acceptors (Lipinski definition) is 6. The predicted molar refractivity (Wildman–Crippen MR) is 86.3 cm³/mol. The Morgan fingerprint density at radius 1 is 1.29 bits per heavy atom. The highest BCUT2D eigenvalue weighted by Crippen LogP contribution is 2.37. The molecule has 136 valence electrons. The third kappa shape index (κ3) is 4.48. The number of nitrogens with zero attached hydrogens (tertiary/aromatic N) is 1. The molecule has 0 aliphatic carbocycles. The summed E-state index contributed by atoms with van der Waals surface area (Å²) in [5.41, 5.74) is -0.606. The van der Waals surface area contributed by atoms with Gasteiger partial charge in [0.1, 0.15) is 17.8 Å². The van der Waals surface area contributed by atoms with Gasteiger partial charge in [0.05, 0.1) is 19.2 Å². The summed E-state index contributed by atoms with van der Waals surface area (Å²) in [6.45, 7) is 11.5. The Labute approximate surface area is 142 Å². The van der Waals surface area contributed by atoms with Gasteiger partial charge in [0.2, 0.25) is 0 Å². The van der Waals surface area contributed by atoms with E-state index in [9.17, 15) is 9.59 Å². The summed E-state index contributed by atoms with van der Waals surface area (Å²) in [5, 5.41) is 0. The molecule has 3 atom stereocenters. The lowest BCUT2D eigenvalue weighted by Gasteiger charge is -2.30. The van der Waals surface area contributed by atoms with Crippen LogP contribution in [-0.4, -0.2) is 59.8 Å². The number of amides is 1. The number of carbonyl (C=O) groups excluding carboxylic acids is 2. The Bertz CT molecular complexity index is 522. The Morgan fingerprint density at radius 3 is 2.54 bits per heavy atom. The Hall–Kier alpha value is -1.60. The Morgan fingerprint density at radius 2 is 1.96 bits per heavy atom. The number of ether oxygens (including phenoxy) is 4. The summed E-state index contributed by atoms with van der Waals surface area (Å²) in [7, 11) is 0. The highest BCUT2D eigenvalue weighted by Gasteiger charge is 2.53. The van der Waals surface area contributed by atoms with Gasteiger partial charge < -0.3 is 18.9 Å². The Balaban J connectivity index is 2.17. The van der Waals surface area contributed by atoms with Gasteiger partial charge in [-0.1, -0.05) is 6.08 Å². The standard InChI is InChI=1S/C17H27NO6/c1-7-21-13(19)9-8-11-14-12(22-17(5,6)23-14)10-18(11)15(20)24-16(2,3)4/h8-9,11-12,14H,7,10H2,1-6H3/b9-8+/t11-,12+,14-/m1/s1. The monoisotopic (exact) mass is 341 g/mol. The van der Waals surface area contributed by atoms with Crippen LogP contribution in [0.5, 0.6) is 0 Å². The fourth-order valence-electron chi connectivity index (χ4n) is 2.88. The number of carbonyl (C=O) groups is 2. The van der Waals surface area contributed by atoms with Crippen LogP contribution >= 0.6 is 0 Å². The maximum absolute atomic E-state index is 12.5. The molecule has 1 amide bonds. The van der Waals surface area contributed by atoms with E-state index in [0.29, 0.717) is 13.2 Å². The van der Waals surface area contributed by atoms with Crippen LogP contribution in [0.3, 0.4) is 0 Å². The van der Waals surface area contributed by atoms with Crippen molar-refractivity contribution in [1.82, 2.24) is 4.90 Å². The second-order valence-electron chi connectivity index (χ2n) is 7.37. The number of fused-ring (bicyclic) bond motifs is 1. The maximum Gasteiger partial charge on any atom is 0.410 e. The zero-order valence-corrected chi connectivity index (χ0v) is 15.2. The van der Waals surface area contributed by atoms with E-state index < -0.39 is 29.5 Å². The second kappa shape index (κ2) is 6.72. The molecule has 2 saturated heterocycles. The fraction of sp³-hybridized carbons (Fsp3) is 0.765. The first kappa shape index (κ1) is 18.7. The van der Waals surface area contributed by atoms with Gasteiger partial charge in [-0.15, -0.1) is 0 Å². The van der Waals surface area contributed by atoms with Gasteiger partial charge in [0.15, 0.2) is 5.79 Å². The van der Waals surface area contributed by atoms with E-state index in [-0.39, 0.29) is 12.2 Å². The molecule has 0 aromatic carbocycles. The molecule has 2 heterocycles. The summed E-state index contributed by atoms with van der Waals surface area (Å²) < 4.78 is 22.1. The molecule has 0 aromatic heterocycles. The summed E-state index contributed by atoms with van der Waals surface area (Å²) >= 11 is 0. The van der Waals surface area contributed by atoms with Crippen molar-refractivity contribution in [2.24, 2.45) is 0 Å². The van der Waals surface area contributed by atoms with Crippen LogP contribution < -0.4 is 0 Å². The van der Waals surface area contributed by atoms with Crippen LogP contribution in [0, 0.1) is 0 Å². The minimum absolute atomic E-state index is 0.260. The van der Waals surface area contributed by atoms with Crippen molar-refractivity contribution in [1.29, 1.82) is 0 Å². The smallest absolute Gasteiger partial charge is 0.410 e. The molecule has 0 saturated carbocycles. The van der Waals surface area contributed by atoms with Gasteiger partial charge >= 0.3 is 12.1 Å².